The molecule has 6 heteroatoms. The van der Waals surface area contributed by atoms with Gasteiger partial charge in [0.15, 0.2) is 0 Å². The van der Waals surface area contributed by atoms with Crippen molar-refractivity contribution >= 4 is 23.5 Å². The smallest absolute Gasteiger partial charge is 0.341 e. The Morgan fingerprint density at radius 3 is 2.81 bits per heavy atom. The largest absolute Gasteiger partial charge is 0.477 e. The van der Waals surface area contributed by atoms with Gasteiger partial charge in [-0.05, 0) is 11.7 Å². The number of carboxylic acids is 1. The van der Waals surface area contributed by atoms with Gasteiger partial charge in [-0.3, -0.25) is 0 Å². The molecule has 1 aromatic rings. The van der Waals surface area contributed by atoms with E-state index in [1.165, 1.54) is 6.20 Å². The molecule has 0 saturated carbocycles. The topological polar surface area (TPSA) is 89.1 Å². The molecule has 1 heterocycles. The number of nitrogens with two attached hydrogens (primary N) is 1. The Bertz CT molecular complexity index is 382. The molecule has 0 unspecified atom stereocenters. The summed E-state index contributed by atoms with van der Waals surface area (Å²) in [4.78, 5) is 18.6. The summed E-state index contributed by atoms with van der Waals surface area (Å²) in [5.74, 6) is 1.79. The molecule has 0 aliphatic heterocycles. The highest BCUT2D eigenvalue weighted by molar-refractivity contribution is 7.98. The van der Waals surface area contributed by atoms with Crippen molar-refractivity contribution in [2.45, 2.75) is 19.6 Å². The SMILES string of the molecule is CC(C)CSCc1ncc(C(=O)O)c(N)n1. The van der Waals surface area contributed by atoms with Crippen LogP contribution in [0.5, 0.6) is 0 Å². The number of thioether (sulfide) groups is 1. The first-order chi connectivity index (χ1) is 7.50. The summed E-state index contributed by atoms with van der Waals surface area (Å²) in [6.45, 7) is 4.27. The highest BCUT2D eigenvalue weighted by Gasteiger charge is 2.10. The lowest BCUT2D eigenvalue weighted by Gasteiger charge is -2.05. The van der Waals surface area contributed by atoms with Gasteiger partial charge in [0, 0.05) is 6.20 Å². The maximum absolute atomic E-state index is 10.7. The Morgan fingerprint density at radius 2 is 2.31 bits per heavy atom. The van der Waals surface area contributed by atoms with Crippen molar-refractivity contribution in [2.75, 3.05) is 11.5 Å². The van der Waals surface area contributed by atoms with Crippen molar-refractivity contribution in [1.82, 2.24) is 9.97 Å². The highest BCUT2D eigenvalue weighted by atomic mass is 32.2. The second-order valence-electron chi connectivity index (χ2n) is 3.80. The zero-order valence-corrected chi connectivity index (χ0v) is 10.1. The molecule has 0 radical (unpaired) electrons. The standard InChI is InChI=1S/C10H15N3O2S/c1-6(2)4-16-5-8-12-3-7(10(14)15)9(11)13-8/h3,6H,4-5H2,1-2H3,(H,14,15)(H2,11,12,13). The predicted octanol–water partition coefficient (Wildman–Crippen LogP) is 1.65. The lowest BCUT2D eigenvalue weighted by Crippen LogP contribution is -2.08. The van der Waals surface area contributed by atoms with Crippen LogP contribution in [0.1, 0.15) is 30.0 Å². The predicted molar refractivity (Wildman–Crippen MR) is 64.4 cm³/mol. The molecule has 0 spiro atoms. The zero-order chi connectivity index (χ0) is 12.1. The normalized spacial score (nSPS) is 10.7. The van der Waals surface area contributed by atoms with Gasteiger partial charge in [0.05, 0.1) is 5.75 Å². The number of aromatic carboxylic acids is 1. The number of carboxylic acid groups (broad SMARTS) is 1. The van der Waals surface area contributed by atoms with Crippen molar-refractivity contribution in [1.29, 1.82) is 0 Å². The minimum atomic E-state index is -1.10. The molecule has 1 rings (SSSR count). The maximum atomic E-state index is 10.7. The fourth-order valence-electron chi connectivity index (χ4n) is 1.05. The van der Waals surface area contributed by atoms with E-state index in [2.05, 4.69) is 23.8 Å². The van der Waals surface area contributed by atoms with Crippen LogP contribution in [0.4, 0.5) is 5.82 Å². The molecule has 5 nitrogen and oxygen atoms in total. The van der Waals surface area contributed by atoms with Gasteiger partial charge in [-0.25, -0.2) is 14.8 Å². The van der Waals surface area contributed by atoms with E-state index in [1.54, 1.807) is 11.8 Å². The molecule has 0 saturated heterocycles. The third-order valence-electron chi connectivity index (χ3n) is 1.78. The van der Waals surface area contributed by atoms with Gasteiger partial charge in [-0.1, -0.05) is 13.8 Å². The molecule has 0 atom stereocenters. The average molecular weight is 241 g/mol. The van der Waals surface area contributed by atoms with Crippen LogP contribution in [0.2, 0.25) is 0 Å². The van der Waals surface area contributed by atoms with Crippen molar-refractivity contribution in [2.24, 2.45) is 5.92 Å². The first kappa shape index (κ1) is 12.8. The summed E-state index contributed by atoms with van der Waals surface area (Å²) >= 11 is 1.71. The Balaban J connectivity index is 2.63. The van der Waals surface area contributed by atoms with Crippen LogP contribution in [-0.4, -0.2) is 26.8 Å². The Morgan fingerprint density at radius 1 is 1.62 bits per heavy atom. The number of anilines is 1. The van der Waals surface area contributed by atoms with E-state index >= 15 is 0 Å². The van der Waals surface area contributed by atoms with Gasteiger partial charge in [0.25, 0.3) is 0 Å². The quantitative estimate of drug-likeness (QED) is 0.814. The van der Waals surface area contributed by atoms with Crippen LogP contribution in [-0.2, 0) is 5.75 Å². The summed E-state index contributed by atoms with van der Waals surface area (Å²) in [5, 5.41) is 8.74. The first-order valence-electron chi connectivity index (χ1n) is 4.93. The van der Waals surface area contributed by atoms with Gasteiger partial charge < -0.3 is 10.8 Å². The third kappa shape index (κ3) is 3.69. The Labute approximate surface area is 98.5 Å². The molecule has 88 valence electrons. The van der Waals surface area contributed by atoms with Gasteiger partial charge in [-0.15, -0.1) is 0 Å². The second kappa shape index (κ2) is 5.69. The minimum Gasteiger partial charge on any atom is -0.477 e. The Hall–Kier alpha value is -1.30. The van der Waals surface area contributed by atoms with Gasteiger partial charge in [0.2, 0.25) is 0 Å². The number of aromatic nitrogens is 2. The lowest BCUT2D eigenvalue weighted by atomic mass is 10.3. The van der Waals surface area contributed by atoms with E-state index in [1.807, 2.05) is 0 Å². The molecular weight excluding hydrogens is 226 g/mol. The van der Waals surface area contributed by atoms with Crippen LogP contribution in [0.25, 0.3) is 0 Å². The van der Waals surface area contributed by atoms with Crippen LogP contribution in [0.3, 0.4) is 0 Å². The van der Waals surface area contributed by atoms with Crippen LogP contribution in [0, 0.1) is 5.92 Å². The summed E-state index contributed by atoms with van der Waals surface area (Å²) < 4.78 is 0. The monoisotopic (exact) mass is 241 g/mol. The highest BCUT2D eigenvalue weighted by Crippen LogP contribution is 2.14. The minimum absolute atomic E-state index is 0.0302. The maximum Gasteiger partial charge on any atom is 0.341 e. The number of hydrogen-bond donors (Lipinski definition) is 2. The number of carbonyl (C=O) groups is 1. The molecule has 3 N–H and O–H groups in total. The van der Waals surface area contributed by atoms with E-state index in [-0.39, 0.29) is 11.4 Å². The van der Waals surface area contributed by atoms with Gasteiger partial charge in [-0.2, -0.15) is 11.8 Å². The Kier molecular flexibility index (Phi) is 4.54. The summed E-state index contributed by atoms with van der Waals surface area (Å²) in [5.41, 5.74) is 5.47. The molecule has 0 aliphatic carbocycles. The van der Waals surface area contributed by atoms with E-state index in [0.717, 1.165) is 5.75 Å². The lowest BCUT2D eigenvalue weighted by molar-refractivity contribution is 0.0697. The van der Waals surface area contributed by atoms with E-state index in [0.29, 0.717) is 17.5 Å². The van der Waals surface area contributed by atoms with Crippen LogP contribution >= 0.6 is 11.8 Å². The number of nitrogen functional groups attached to an aromatic ring is 1. The molecule has 0 amide bonds. The van der Waals surface area contributed by atoms with Crippen molar-refractivity contribution in [3.8, 4) is 0 Å². The van der Waals surface area contributed by atoms with Crippen molar-refractivity contribution in [3.63, 3.8) is 0 Å². The molecule has 1 aromatic heterocycles. The van der Waals surface area contributed by atoms with Crippen molar-refractivity contribution in [3.05, 3.63) is 17.6 Å². The summed E-state index contributed by atoms with van der Waals surface area (Å²) in [6, 6.07) is 0. The van der Waals surface area contributed by atoms with E-state index in [4.69, 9.17) is 10.8 Å². The first-order valence-corrected chi connectivity index (χ1v) is 6.08. The molecule has 0 aromatic carbocycles. The number of rotatable bonds is 5. The number of nitrogens with zero attached hydrogens (tertiary/aromatic N) is 2. The van der Waals surface area contributed by atoms with Gasteiger partial charge in [0.1, 0.15) is 17.2 Å². The van der Waals surface area contributed by atoms with Crippen molar-refractivity contribution < 1.29 is 9.90 Å². The third-order valence-corrected chi connectivity index (χ3v) is 3.15. The summed E-state index contributed by atoms with van der Waals surface area (Å²) in [7, 11) is 0. The van der Waals surface area contributed by atoms with E-state index < -0.39 is 5.97 Å². The summed E-state index contributed by atoms with van der Waals surface area (Å²) in [6.07, 6.45) is 1.26. The fourth-order valence-corrected chi connectivity index (χ4v) is 1.96. The van der Waals surface area contributed by atoms with Gasteiger partial charge >= 0.3 is 5.97 Å². The van der Waals surface area contributed by atoms with Crippen LogP contribution < -0.4 is 5.73 Å². The molecule has 16 heavy (non-hydrogen) atoms. The average Bonchev–Trinajstić information content (AvgIpc) is 2.16. The zero-order valence-electron chi connectivity index (χ0n) is 9.30. The molecule has 0 fully saturated rings. The molecular formula is C10H15N3O2S. The fraction of sp³-hybridized carbons (Fsp3) is 0.500. The molecule has 0 bridgehead atoms. The molecule has 0 aliphatic rings. The van der Waals surface area contributed by atoms with Crippen LogP contribution in [0.15, 0.2) is 6.20 Å². The second-order valence-corrected chi connectivity index (χ2v) is 4.83. The number of hydrogen-bond acceptors (Lipinski definition) is 5. The van der Waals surface area contributed by atoms with E-state index in [9.17, 15) is 4.79 Å².